The van der Waals surface area contributed by atoms with Gasteiger partial charge in [-0.1, -0.05) is 24.3 Å². The van der Waals surface area contributed by atoms with Crippen molar-refractivity contribution in [1.82, 2.24) is 14.3 Å². The van der Waals surface area contributed by atoms with Crippen molar-refractivity contribution in [2.45, 2.75) is 26.7 Å². The number of pyridine rings is 1. The van der Waals surface area contributed by atoms with Gasteiger partial charge in [0.1, 0.15) is 12.3 Å². The monoisotopic (exact) mass is 420 g/mol. The first-order chi connectivity index (χ1) is 15.0. The molecule has 1 N–H and O–H groups in total. The zero-order valence-corrected chi connectivity index (χ0v) is 18.2. The van der Waals surface area contributed by atoms with Gasteiger partial charge in [0, 0.05) is 44.1 Å². The number of benzene rings is 1. The standard InChI is InChI=1S/C24H28N4O3/c1-16-6-4-5-7-19(16)21-14-28-13-20(17(2)12-22(28)25-21)26-24(30)18-8-10-27(11-9-18)23(29)15-31-3/h4-7,12-14,18H,8-11,15H2,1-3H3,(H,26,30). The van der Waals surface area contributed by atoms with E-state index in [2.05, 4.69) is 24.4 Å². The number of likely N-dealkylation sites (tertiary alicyclic amines) is 1. The third-order valence-corrected chi connectivity index (χ3v) is 5.96. The molecule has 3 aromatic rings. The molecular weight excluding hydrogens is 392 g/mol. The third-order valence-electron chi connectivity index (χ3n) is 5.96. The van der Waals surface area contributed by atoms with E-state index in [9.17, 15) is 9.59 Å². The van der Waals surface area contributed by atoms with Crippen LogP contribution in [-0.2, 0) is 14.3 Å². The van der Waals surface area contributed by atoms with Crippen LogP contribution in [0.4, 0.5) is 5.69 Å². The van der Waals surface area contributed by atoms with Crippen molar-refractivity contribution < 1.29 is 14.3 Å². The molecule has 1 aliphatic heterocycles. The van der Waals surface area contributed by atoms with Crippen LogP contribution in [0.25, 0.3) is 16.9 Å². The second-order valence-corrected chi connectivity index (χ2v) is 8.15. The van der Waals surface area contributed by atoms with E-state index in [1.54, 1.807) is 4.90 Å². The fourth-order valence-corrected chi connectivity index (χ4v) is 4.09. The molecule has 7 nitrogen and oxygen atoms in total. The van der Waals surface area contributed by atoms with E-state index in [0.717, 1.165) is 28.2 Å². The van der Waals surface area contributed by atoms with Gasteiger partial charge in [-0.15, -0.1) is 0 Å². The molecule has 31 heavy (non-hydrogen) atoms. The number of anilines is 1. The lowest BCUT2D eigenvalue weighted by Crippen LogP contribution is -2.42. The minimum absolute atomic E-state index is 0.000494. The summed E-state index contributed by atoms with van der Waals surface area (Å²) in [5, 5.41) is 3.09. The van der Waals surface area contributed by atoms with Crippen molar-refractivity contribution in [1.29, 1.82) is 0 Å². The van der Waals surface area contributed by atoms with Crippen LogP contribution in [0.15, 0.2) is 42.7 Å². The number of carbonyl (C=O) groups is 2. The first-order valence-corrected chi connectivity index (χ1v) is 10.6. The maximum Gasteiger partial charge on any atom is 0.248 e. The van der Waals surface area contributed by atoms with Gasteiger partial charge in [0.15, 0.2) is 0 Å². The number of ether oxygens (including phenoxy) is 1. The number of rotatable bonds is 5. The molecule has 7 heteroatoms. The lowest BCUT2D eigenvalue weighted by molar-refractivity contribution is -0.138. The first-order valence-electron chi connectivity index (χ1n) is 10.6. The number of nitrogens with one attached hydrogen (secondary N) is 1. The molecule has 2 aromatic heterocycles. The van der Waals surface area contributed by atoms with Gasteiger partial charge in [0.2, 0.25) is 11.8 Å². The maximum atomic E-state index is 12.9. The van der Waals surface area contributed by atoms with E-state index in [1.807, 2.05) is 41.9 Å². The molecule has 1 aromatic carbocycles. The molecule has 0 saturated carbocycles. The summed E-state index contributed by atoms with van der Waals surface area (Å²) in [6, 6.07) is 10.2. The van der Waals surface area contributed by atoms with Gasteiger partial charge < -0.3 is 19.4 Å². The molecule has 0 bridgehead atoms. The van der Waals surface area contributed by atoms with Gasteiger partial charge in [0.25, 0.3) is 0 Å². The Morgan fingerprint density at radius 3 is 2.58 bits per heavy atom. The summed E-state index contributed by atoms with van der Waals surface area (Å²) < 4.78 is 6.87. The van der Waals surface area contributed by atoms with Crippen LogP contribution in [0, 0.1) is 19.8 Å². The normalized spacial score (nSPS) is 14.7. The van der Waals surface area contributed by atoms with E-state index in [1.165, 1.54) is 12.7 Å². The summed E-state index contributed by atoms with van der Waals surface area (Å²) >= 11 is 0. The van der Waals surface area contributed by atoms with Crippen LogP contribution in [0.5, 0.6) is 0 Å². The number of amides is 2. The van der Waals surface area contributed by atoms with Crippen LogP contribution in [-0.4, -0.2) is 52.9 Å². The Bertz CT molecular complexity index is 1110. The van der Waals surface area contributed by atoms with Crippen molar-refractivity contribution >= 4 is 23.1 Å². The fourth-order valence-electron chi connectivity index (χ4n) is 4.09. The Morgan fingerprint density at radius 1 is 1.13 bits per heavy atom. The summed E-state index contributed by atoms with van der Waals surface area (Å²) in [6.45, 7) is 5.30. The Labute approximate surface area is 182 Å². The number of methoxy groups -OCH3 is 1. The van der Waals surface area contributed by atoms with Gasteiger partial charge in [-0.25, -0.2) is 4.98 Å². The van der Waals surface area contributed by atoms with Gasteiger partial charge in [-0.2, -0.15) is 0 Å². The van der Waals surface area contributed by atoms with Crippen molar-refractivity contribution in [3.63, 3.8) is 0 Å². The lowest BCUT2D eigenvalue weighted by Gasteiger charge is -2.31. The van der Waals surface area contributed by atoms with E-state index < -0.39 is 0 Å². The topological polar surface area (TPSA) is 75.9 Å². The number of carbonyl (C=O) groups excluding carboxylic acids is 2. The molecule has 2 amide bonds. The molecule has 3 heterocycles. The molecule has 0 aliphatic carbocycles. The average molecular weight is 421 g/mol. The Morgan fingerprint density at radius 2 is 1.87 bits per heavy atom. The second kappa shape index (κ2) is 8.89. The molecule has 1 fully saturated rings. The van der Waals surface area contributed by atoms with Gasteiger partial charge in [0.05, 0.1) is 11.4 Å². The number of aryl methyl sites for hydroxylation is 2. The smallest absolute Gasteiger partial charge is 0.248 e. The average Bonchev–Trinajstić information content (AvgIpc) is 3.17. The molecule has 1 saturated heterocycles. The number of nitrogens with zero attached hydrogens (tertiary/aromatic N) is 3. The summed E-state index contributed by atoms with van der Waals surface area (Å²) in [5.74, 6) is -0.125. The van der Waals surface area contributed by atoms with Crippen molar-refractivity contribution in [2.75, 3.05) is 32.1 Å². The summed E-state index contributed by atoms with van der Waals surface area (Å²) in [5.41, 5.74) is 5.78. The van der Waals surface area contributed by atoms with E-state index in [0.29, 0.717) is 25.9 Å². The minimum atomic E-state index is -0.105. The zero-order valence-electron chi connectivity index (χ0n) is 18.2. The van der Waals surface area contributed by atoms with Gasteiger partial charge in [-0.3, -0.25) is 9.59 Å². The van der Waals surface area contributed by atoms with Crippen LogP contribution in [0.2, 0.25) is 0 Å². The number of hydrogen-bond acceptors (Lipinski definition) is 4. The number of imidazole rings is 1. The SMILES string of the molecule is COCC(=O)N1CCC(C(=O)Nc2cn3cc(-c4ccccc4C)nc3cc2C)CC1. The van der Waals surface area contributed by atoms with Crippen LogP contribution >= 0.6 is 0 Å². The van der Waals surface area contributed by atoms with Gasteiger partial charge in [-0.05, 0) is 43.9 Å². The predicted octanol–water partition coefficient (Wildman–Crippen LogP) is 3.44. The first kappa shape index (κ1) is 21.1. The van der Waals surface area contributed by atoms with E-state index in [-0.39, 0.29) is 24.3 Å². The molecule has 1 aliphatic rings. The second-order valence-electron chi connectivity index (χ2n) is 8.15. The summed E-state index contributed by atoms with van der Waals surface area (Å²) in [7, 11) is 1.52. The largest absolute Gasteiger partial charge is 0.375 e. The highest BCUT2D eigenvalue weighted by atomic mass is 16.5. The van der Waals surface area contributed by atoms with E-state index >= 15 is 0 Å². The predicted molar refractivity (Wildman–Crippen MR) is 120 cm³/mol. The van der Waals surface area contributed by atoms with Crippen LogP contribution < -0.4 is 5.32 Å². The van der Waals surface area contributed by atoms with E-state index in [4.69, 9.17) is 9.72 Å². The molecule has 4 rings (SSSR count). The quantitative estimate of drug-likeness (QED) is 0.686. The highest BCUT2D eigenvalue weighted by Gasteiger charge is 2.27. The Balaban J connectivity index is 1.47. The molecule has 0 unspecified atom stereocenters. The van der Waals surface area contributed by atoms with Crippen molar-refractivity contribution in [3.8, 4) is 11.3 Å². The molecule has 0 atom stereocenters. The lowest BCUT2D eigenvalue weighted by atomic mass is 9.95. The van der Waals surface area contributed by atoms with Crippen LogP contribution in [0.1, 0.15) is 24.0 Å². The number of hydrogen-bond donors (Lipinski definition) is 1. The number of aromatic nitrogens is 2. The molecule has 0 spiro atoms. The summed E-state index contributed by atoms with van der Waals surface area (Å²) in [6.07, 6.45) is 5.23. The Hall–Kier alpha value is -3.19. The molecular formula is C24H28N4O3. The minimum Gasteiger partial charge on any atom is -0.375 e. The number of fused-ring (bicyclic) bond motifs is 1. The van der Waals surface area contributed by atoms with Crippen molar-refractivity contribution in [2.24, 2.45) is 5.92 Å². The summed E-state index contributed by atoms with van der Waals surface area (Å²) in [4.78, 5) is 31.3. The maximum absolute atomic E-state index is 12.9. The fraction of sp³-hybridized carbons (Fsp3) is 0.375. The van der Waals surface area contributed by atoms with Crippen molar-refractivity contribution in [3.05, 3.63) is 53.9 Å². The van der Waals surface area contributed by atoms with Crippen LogP contribution in [0.3, 0.4) is 0 Å². The van der Waals surface area contributed by atoms with Gasteiger partial charge >= 0.3 is 0 Å². The highest BCUT2D eigenvalue weighted by Crippen LogP contribution is 2.26. The number of piperidine rings is 1. The zero-order chi connectivity index (χ0) is 22.0. The third kappa shape index (κ3) is 4.46. The Kier molecular flexibility index (Phi) is 6.04. The highest BCUT2D eigenvalue weighted by molar-refractivity contribution is 5.93. The molecule has 0 radical (unpaired) electrons. The molecule has 162 valence electrons.